The molecule has 9 nitrogen and oxygen atoms in total. The van der Waals surface area contributed by atoms with Crippen LogP contribution in [0.1, 0.15) is 74.3 Å². The van der Waals surface area contributed by atoms with Gasteiger partial charge in [-0.05, 0) is 52.3 Å². The Kier molecular flexibility index (Phi) is 10.1. The lowest BCUT2D eigenvalue weighted by atomic mass is 9.92. The Morgan fingerprint density at radius 1 is 1.28 bits per heavy atom. The quantitative estimate of drug-likeness (QED) is 0.404. The molecule has 1 aromatic heterocycles. The molecule has 1 aromatic carbocycles. The summed E-state index contributed by atoms with van der Waals surface area (Å²) < 4.78 is 71.9. The maximum atomic E-state index is 14.6. The maximum Gasteiger partial charge on any atom is 0.407 e. The molecule has 13 heteroatoms. The summed E-state index contributed by atoms with van der Waals surface area (Å²) in [7, 11) is 1.68. The van der Waals surface area contributed by atoms with Crippen LogP contribution in [-0.4, -0.2) is 64.8 Å². The fourth-order valence-electron chi connectivity index (χ4n) is 4.53. The average Bonchev–Trinajstić information content (AvgIpc) is 3.42. The van der Waals surface area contributed by atoms with Crippen molar-refractivity contribution in [2.75, 3.05) is 20.3 Å². The summed E-state index contributed by atoms with van der Waals surface area (Å²) >= 11 is 0. The van der Waals surface area contributed by atoms with Gasteiger partial charge in [-0.1, -0.05) is 0 Å². The molecule has 1 amide bonds. The van der Waals surface area contributed by atoms with Crippen LogP contribution < -0.4 is 5.32 Å². The lowest BCUT2D eigenvalue weighted by Crippen LogP contribution is -2.52. The topological polar surface area (TPSA) is 94.9 Å². The third kappa shape index (κ3) is 7.55. The molecule has 4 rings (SSSR count). The van der Waals surface area contributed by atoms with E-state index in [4.69, 9.17) is 9.47 Å². The minimum absolute atomic E-state index is 0.0457. The largest absolute Gasteiger partial charge is 0.444 e. The Bertz CT molecular complexity index is 1150. The number of aromatic nitrogens is 2. The minimum atomic E-state index is -2.92. The van der Waals surface area contributed by atoms with Crippen LogP contribution in [0.4, 0.5) is 22.4 Å². The molecule has 3 heterocycles. The molecule has 1 N–H and O–H groups in total. The molecule has 2 aromatic rings. The van der Waals surface area contributed by atoms with E-state index in [2.05, 4.69) is 15.0 Å². The highest BCUT2D eigenvalue weighted by Crippen LogP contribution is 2.36. The standard InChI is InChI=1S/C23H26F4N4O4.C3H8O/c1-23(2,3)35-22(33)29-16-7-13(11-34-20(16)14-6-12(24)4-5-15(14)25)30-8-17-18(9-30)31(21(26)27)19(10-32)28-17;1-3-4-2/h4-6,10,13,16,20-21H,7-9,11H2,1-3H3,(H,29,33);3H2,1-2H3/t13?,16?,20-;/m1./s1. The number of alkyl halides is 2. The van der Waals surface area contributed by atoms with E-state index in [1.165, 1.54) is 0 Å². The van der Waals surface area contributed by atoms with E-state index in [0.717, 1.165) is 24.8 Å². The molecule has 39 heavy (non-hydrogen) atoms. The third-order valence-electron chi connectivity index (χ3n) is 6.26. The molecule has 1 saturated heterocycles. The minimum Gasteiger partial charge on any atom is -0.444 e. The van der Waals surface area contributed by atoms with E-state index in [9.17, 15) is 27.2 Å². The summed E-state index contributed by atoms with van der Waals surface area (Å²) in [6.45, 7) is 5.29. The number of benzene rings is 1. The Morgan fingerprint density at radius 3 is 2.56 bits per heavy atom. The molecule has 2 aliphatic rings. The molecule has 1 fully saturated rings. The molecular weight excluding hydrogens is 524 g/mol. The smallest absolute Gasteiger partial charge is 0.407 e. The first-order valence-corrected chi connectivity index (χ1v) is 12.5. The maximum absolute atomic E-state index is 14.6. The number of carbonyl (C=O) groups is 2. The number of hydrogen-bond donors (Lipinski definition) is 1. The zero-order valence-electron chi connectivity index (χ0n) is 22.5. The number of ether oxygens (including phenoxy) is 3. The SMILES string of the molecule is CC(C)(C)OC(=O)NC1CC(N2Cc3nc(C=O)n(C(F)F)c3C2)CO[C@@H]1c1cc(F)ccc1F.CCOC. The van der Waals surface area contributed by atoms with E-state index < -0.39 is 42.0 Å². The third-order valence-corrected chi connectivity index (χ3v) is 6.26. The highest BCUT2D eigenvalue weighted by atomic mass is 19.3. The van der Waals surface area contributed by atoms with E-state index in [1.807, 2.05) is 11.8 Å². The van der Waals surface area contributed by atoms with Crippen molar-refractivity contribution in [2.24, 2.45) is 0 Å². The fraction of sp³-hybridized carbons (Fsp3) is 0.577. The van der Waals surface area contributed by atoms with Crippen molar-refractivity contribution < 1.29 is 41.4 Å². The molecule has 0 saturated carbocycles. The van der Waals surface area contributed by atoms with Crippen molar-refractivity contribution in [1.82, 2.24) is 19.8 Å². The van der Waals surface area contributed by atoms with Gasteiger partial charge in [-0.15, -0.1) is 0 Å². The molecule has 0 bridgehead atoms. The fourth-order valence-corrected chi connectivity index (χ4v) is 4.53. The number of alkyl carbamates (subject to hydrolysis) is 1. The lowest BCUT2D eigenvalue weighted by Gasteiger charge is -2.40. The number of fused-ring (bicyclic) bond motifs is 1. The second-order valence-electron chi connectivity index (χ2n) is 10.2. The van der Waals surface area contributed by atoms with Gasteiger partial charge in [0.1, 0.15) is 23.3 Å². The number of nitrogens with zero attached hydrogens (tertiary/aromatic N) is 3. The van der Waals surface area contributed by atoms with Gasteiger partial charge >= 0.3 is 12.6 Å². The van der Waals surface area contributed by atoms with Gasteiger partial charge in [0.2, 0.25) is 0 Å². The predicted octanol–water partition coefficient (Wildman–Crippen LogP) is 4.76. The number of nitrogens with one attached hydrogen (secondary N) is 1. The number of imidazole rings is 1. The molecule has 3 atom stereocenters. The molecule has 216 valence electrons. The zero-order chi connectivity index (χ0) is 28.9. The number of rotatable bonds is 6. The van der Waals surface area contributed by atoms with Gasteiger partial charge in [-0.2, -0.15) is 8.78 Å². The number of methoxy groups -OCH3 is 1. The van der Waals surface area contributed by atoms with Gasteiger partial charge in [0, 0.05) is 38.4 Å². The van der Waals surface area contributed by atoms with E-state index in [0.29, 0.717) is 10.3 Å². The molecular formula is C26H34F4N4O5. The molecule has 2 aliphatic heterocycles. The summed E-state index contributed by atoms with van der Waals surface area (Å²) in [6.07, 6.45) is -1.20. The van der Waals surface area contributed by atoms with Gasteiger partial charge < -0.3 is 19.5 Å². The number of carbonyl (C=O) groups excluding carboxylic acids is 2. The van der Waals surface area contributed by atoms with Gasteiger partial charge in [0.25, 0.3) is 0 Å². The first-order valence-electron chi connectivity index (χ1n) is 12.5. The second kappa shape index (κ2) is 12.9. The van der Waals surface area contributed by atoms with Crippen LogP contribution in [0.2, 0.25) is 0 Å². The van der Waals surface area contributed by atoms with Gasteiger partial charge in [-0.3, -0.25) is 14.3 Å². The average molecular weight is 559 g/mol. The van der Waals surface area contributed by atoms with E-state index >= 15 is 0 Å². The van der Waals surface area contributed by atoms with Gasteiger partial charge in [0.15, 0.2) is 12.1 Å². The molecule has 0 aliphatic carbocycles. The van der Waals surface area contributed by atoms with Crippen LogP contribution in [0.25, 0.3) is 0 Å². The summed E-state index contributed by atoms with van der Waals surface area (Å²) in [5.41, 5.74) is -0.235. The van der Waals surface area contributed by atoms with Crippen LogP contribution in [-0.2, 0) is 27.3 Å². The Labute approximate surface area is 224 Å². The van der Waals surface area contributed by atoms with Crippen LogP contribution in [0, 0.1) is 11.6 Å². The number of halogens is 4. The van der Waals surface area contributed by atoms with E-state index in [-0.39, 0.29) is 55.5 Å². The molecule has 0 radical (unpaired) electrons. The van der Waals surface area contributed by atoms with Crippen LogP contribution in [0.5, 0.6) is 0 Å². The highest BCUT2D eigenvalue weighted by Gasteiger charge is 2.41. The van der Waals surface area contributed by atoms with E-state index in [1.54, 1.807) is 27.9 Å². The monoisotopic (exact) mass is 558 g/mol. The summed E-state index contributed by atoms with van der Waals surface area (Å²) in [5, 5.41) is 2.70. The molecule has 0 spiro atoms. The summed E-state index contributed by atoms with van der Waals surface area (Å²) in [5.74, 6) is -1.68. The number of hydrogen-bond acceptors (Lipinski definition) is 7. The van der Waals surface area contributed by atoms with Crippen LogP contribution in [0.15, 0.2) is 18.2 Å². The van der Waals surface area contributed by atoms with Gasteiger partial charge in [0.05, 0.1) is 24.0 Å². The Hall–Kier alpha value is -3.03. The molecule has 2 unspecified atom stereocenters. The highest BCUT2D eigenvalue weighted by molar-refractivity contribution is 5.70. The van der Waals surface area contributed by atoms with Gasteiger partial charge in [-0.25, -0.2) is 18.6 Å². The number of amides is 1. The zero-order valence-corrected chi connectivity index (χ0v) is 22.5. The first kappa shape index (κ1) is 30.5. The van der Waals surface area contributed by atoms with Crippen LogP contribution in [0.3, 0.4) is 0 Å². The number of aldehydes is 1. The Morgan fingerprint density at radius 2 is 1.97 bits per heavy atom. The summed E-state index contributed by atoms with van der Waals surface area (Å²) in [4.78, 5) is 29.5. The lowest BCUT2D eigenvalue weighted by molar-refractivity contribution is -0.0634. The van der Waals surface area contributed by atoms with Crippen molar-refractivity contribution in [1.29, 1.82) is 0 Å². The predicted molar refractivity (Wildman–Crippen MR) is 132 cm³/mol. The second-order valence-corrected chi connectivity index (χ2v) is 10.2. The van der Waals surface area contributed by atoms with Crippen molar-refractivity contribution >= 4 is 12.4 Å². The van der Waals surface area contributed by atoms with Crippen molar-refractivity contribution in [3.63, 3.8) is 0 Å². The van der Waals surface area contributed by atoms with Crippen molar-refractivity contribution in [3.05, 3.63) is 52.6 Å². The van der Waals surface area contributed by atoms with Crippen LogP contribution >= 0.6 is 0 Å². The summed E-state index contributed by atoms with van der Waals surface area (Å²) in [6, 6.07) is 1.84. The van der Waals surface area contributed by atoms with Crippen molar-refractivity contribution in [2.45, 2.75) is 77.5 Å². The normalized spacial score (nSPS) is 21.2. The first-order chi connectivity index (χ1) is 18.4. The Balaban J connectivity index is 0.000000983. The van der Waals surface area contributed by atoms with Crippen molar-refractivity contribution in [3.8, 4) is 0 Å².